The van der Waals surface area contributed by atoms with Crippen LogP contribution < -0.4 is 19.5 Å². The molecule has 0 saturated heterocycles. The first kappa shape index (κ1) is 19.8. The zero-order valence-corrected chi connectivity index (χ0v) is 17.7. The van der Waals surface area contributed by atoms with E-state index < -0.39 is 6.09 Å². The standard InChI is InChI=1S/C18H21N5O4S2/c1-25-12-8-11-14(9-13(12)26-2)29-16(15(11)28-10-6-4-3-5-7-10)27-18(24)19-17-20-22-23-21-17/h8-10H,3-7H2,1-2H3,(H2,19,20,21,22,23,24). The Hall–Kier alpha value is -2.53. The third kappa shape index (κ3) is 4.40. The molecule has 1 aromatic carbocycles. The number of aromatic nitrogens is 4. The molecule has 1 amide bonds. The van der Waals surface area contributed by atoms with Crippen LogP contribution in [0.25, 0.3) is 10.1 Å². The van der Waals surface area contributed by atoms with E-state index >= 15 is 0 Å². The Balaban J connectivity index is 1.68. The SMILES string of the molecule is COc1cc2sc(OC(=O)Nc3nnn[nH]3)c(SC3CCCCC3)c2cc1OC. The number of hydrogen-bond donors (Lipinski definition) is 2. The molecule has 0 radical (unpaired) electrons. The maximum atomic E-state index is 12.3. The van der Waals surface area contributed by atoms with Crippen molar-refractivity contribution in [1.82, 2.24) is 20.6 Å². The lowest BCUT2D eigenvalue weighted by atomic mass is 10.0. The van der Waals surface area contributed by atoms with E-state index in [9.17, 15) is 4.79 Å². The van der Waals surface area contributed by atoms with E-state index in [1.54, 1.807) is 26.0 Å². The number of methoxy groups -OCH3 is 2. The molecule has 2 heterocycles. The number of anilines is 1. The van der Waals surface area contributed by atoms with Gasteiger partial charge in [-0.15, -0.1) is 11.8 Å². The molecule has 0 spiro atoms. The van der Waals surface area contributed by atoms with Gasteiger partial charge in [0.25, 0.3) is 0 Å². The van der Waals surface area contributed by atoms with Gasteiger partial charge < -0.3 is 14.2 Å². The molecule has 2 N–H and O–H groups in total. The van der Waals surface area contributed by atoms with Crippen molar-refractivity contribution in [3.63, 3.8) is 0 Å². The van der Waals surface area contributed by atoms with E-state index in [1.165, 1.54) is 30.6 Å². The highest BCUT2D eigenvalue weighted by Gasteiger charge is 2.24. The molecule has 9 nitrogen and oxygen atoms in total. The van der Waals surface area contributed by atoms with Gasteiger partial charge in [0.05, 0.1) is 19.1 Å². The van der Waals surface area contributed by atoms with Crippen LogP contribution >= 0.6 is 23.1 Å². The van der Waals surface area contributed by atoms with Gasteiger partial charge in [-0.05, 0) is 29.3 Å². The molecule has 0 bridgehead atoms. The van der Waals surface area contributed by atoms with Crippen LogP contribution in [0.15, 0.2) is 17.0 Å². The van der Waals surface area contributed by atoms with Gasteiger partial charge in [-0.2, -0.15) is 0 Å². The summed E-state index contributed by atoms with van der Waals surface area (Å²) >= 11 is 3.17. The number of aromatic amines is 1. The molecule has 3 aromatic rings. The number of amides is 1. The summed E-state index contributed by atoms with van der Waals surface area (Å²) in [6.45, 7) is 0. The van der Waals surface area contributed by atoms with Crippen LogP contribution in [0, 0.1) is 0 Å². The van der Waals surface area contributed by atoms with Gasteiger partial charge in [0.2, 0.25) is 11.0 Å². The topological polar surface area (TPSA) is 111 Å². The largest absolute Gasteiger partial charge is 0.493 e. The van der Waals surface area contributed by atoms with Gasteiger partial charge in [0.1, 0.15) is 0 Å². The fourth-order valence-corrected chi connectivity index (χ4v) is 5.95. The third-order valence-corrected chi connectivity index (χ3v) is 7.31. The predicted octanol–water partition coefficient (Wildman–Crippen LogP) is 4.47. The first-order valence-electron chi connectivity index (χ1n) is 9.25. The first-order chi connectivity index (χ1) is 14.2. The lowest BCUT2D eigenvalue weighted by Crippen LogP contribution is -2.17. The summed E-state index contributed by atoms with van der Waals surface area (Å²) in [5.74, 6) is 1.41. The zero-order chi connectivity index (χ0) is 20.2. The molecule has 1 fully saturated rings. The number of carbonyl (C=O) groups excluding carboxylic acids is 1. The average molecular weight is 436 g/mol. The molecule has 29 heavy (non-hydrogen) atoms. The Labute approximate surface area is 175 Å². The van der Waals surface area contributed by atoms with Crippen LogP contribution in [0.3, 0.4) is 0 Å². The molecule has 1 aliphatic rings. The molecular weight excluding hydrogens is 414 g/mol. The van der Waals surface area contributed by atoms with Gasteiger partial charge in [-0.1, -0.05) is 35.7 Å². The number of nitrogens with zero attached hydrogens (tertiary/aromatic N) is 3. The van der Waals surface area contributed by atoms with Gasteiger partial charge >= 0.3 is 6.09 Å². The van der Waals surface area contributed by atoms with Crippen LogP contribution in [-0.2, 0) is 0 Å². The van der Waals surface area contributed by atoms with E-state index in [1.807, 2.05) is 12.1 Å². The number of ether oxygens (including phenoxy) is 3. The fraction of sp³-hybridized carbons (Fsp3) is 0.444. The van der Waals surface area contributed by atoms with Crippen molar-refractivity contribution < 1.29 is 19.0 Å². The zero-order valence-electron chi connectivity index (χ0n) is 16.1. The van der Waals surface area contributed by atoms with Crippen molar-refractivity contribution >= 4 is 45.2 Å². The predicted molar refractivity (Wildman–Crippen MR) is 111 cm³/mol. The smallest absolute Gasteiger partial charge is 0.420 e. The second kappa shape index (κ2) is 8.87. The summed E-state index contributed by atoms with van der Waals surface area (Å²) in [6, 6.07) is 3.86. The normalized spacial score (nSPS) is 14.7. The van der Waals surface area contributed by atoms with Crippen molar-refractivity contribution in [2.75, 3.05) is 19.5 Å². The van der Waals surface area contributed by atoms with Crippen molar-refractivity contribution in [2.45, 2.75) is 42.2 Å². The van der Waals surface area contributed by atoms with E-state index in [4.69, 9.17) is 14.2 Å². The minimum Gasteiger partial charge on any atom is -0.493 e. The molecule has 0 unspecified atom stereocenters. The Morgan fingerprint density at radius 2 is 1.97 bits per heavy atom. The molecule has 0 aliphatic heterocycles. The van der Waals surface area contributed by atoms with E-state index in [2.05, 4.69) is 25.9 Å². The number of thiophene rings is 1. The van der Waals surface area contributed by atoms with E-state index in [0.717, 1.165) is 27.8 Å². The van der Waals surface area contributed by atoms with Gasteiger partial charge in [-0.25, -0.2) is 9.89 Å². The molecule has 2 aromatic heterocycles. The molecule has 154 valence electrons. The summed E-state index contributed by atoms with van der Waals surface area (Å²) in [5.41, 5.74) is 0. The van der Waals surface area contributed by atoms with Crippen molar-refractivity contribution in [2.24, 2.45) is 0 Å². The van der Waals surface area contributed by atoms with Gasteiger partial charge in [0, 0.05) is 21.4 Å². The minimum atomic E-state index is -0.653. The molecule has 11 heteroatoms. The number of carbonyl (C=O) groups is 1. The van der Waals surface area contributed by atoms with Gasteiger partial charge in [0.15, 0.2) is 11.5 Å². The summed E-state index contributed by atoms with van der Waals surface area (Å²) in [4.78, 5) is 13.3. The summed E-state index contributed by atoms with van der Waals surface area (Å²) in [7, 11) is 3.21. The summed E-state index contributed by atoms with van der Waals surface area (Å²) < 4.78 is 17.5. The maximum Gasteiger partial charge on any atom is 0.420 e. The Morgan fingerprint density at radius 3 is 2.66 bits per heavy atom. The van der Waals surface area contributed by atoms with Crippen LogP contribution in [0.2, 0.25) is 0 Å². The van der Waals surface area contributed by atoms with Crippen LogP contribution in [0.5, 0.6) is 16.6 Å². The summed E-state index contributed by atoms with van der Waals surface area (Å²) in [5, 5.41) is 17.5. The number of hydrogen-bond acceptors (Lipinski definition) is 9. The van der Waals surface area contributed by atoms with Gasteiger partial charge in [-0.3, -0.25) is 5.32 Å². The quantitative estimate of drug-likeness (QED) is 0.583. The highest BCUT2D eigenvalue weighted by atomic mass is 32.2. The second-order valence-electron chi connectivity index (χ2n) is 6.56. The number of rotatable bonds is 6. The van der Waals surface area contributed by atoms with Crippen molar-refractivity contribution in [3.8, 4) is 16.6 Å². The lowest BCUT2D eigenvalue weighted by molar-refractivity contribution is 0.215. The molecule has 1 saturated carbocycles. The van der Waals surface area contributed by atoms with Crippen LogP contribution in [0.4, 0.5) is 10.7 Å². The molecular formula is C18H21N5O4S2. The average Bonchev–Trinajstić information content (AvgIpc) is 3.35. The minimum absolute atomic E-state index is 0.126. The van der Waals surface area contributed by atoms with E-state index in [0.29, 0.717) is 21.8 Å². The van der Waals surface area contributed by atoms with Crippen LogP contribution in [0.1, 0.15) is 32.1 Å². The van der Waals surface area contributed by atoms with Crippen LogP contribution in [-0.4, -0.2) is 46.2 Å². The van der Waals surface area contributed by atoms with Crippen molar-refractivity contribution in [3.05, 3.63) is 12.1 Å². The number of benzene rings is 1. The number of thioether (sulfide) groups is 1. The monoisotopic (exact) mass is 435 g/mol. The molecule has 4 rings (SSSR count). The Morgan fingerprint density at radius 1 is 1.21 bits per heavy atom. The molecule has 1 aliphatic carbocycles. The van der Waals surface area contributed by atoms with E-state index in [-0.39, 0.29) is 5.95 Å². The Kier molecular flexibility index (Phi) is 6.05. The third-order valence-electron chi connectivity index (χ3n) is 4.71. The first-order valence-corrected chi connectivity index (χ1v) is 10.9. The second-order valence-corrected chi connectivity index (χ2v) is 8.89. The number of H-pyrrole nitrogens is 1. The maximum absolute atomic E-state index is 12.3. The highest BCUT2D eigenvalue weighted by Crippen LogP contribution is 2.50. The highest BCUT2D eigenvalue weighted by molar-refractivity contribution is 8.00. The Bertz CT molecular complexity index is 986. The summed E-state index contributed by atoms with van der Waals surface area (Å²) in [6.07, 6.45) is 5.40. The number of nitrogens with one attached hydrogen (secondary N) is 2. The van der Waals surface area contributed by atoms with Crippen molar-refractivity contribution in [1.29, 1.82) is 0 Å². The number of tetrazole rings is 1. The fourth-order valence-electron chi connectivity index (χ4n) is 3.33. The molecule has 0 atom stereocenters. The lowest BCUT2D eigenvalue weighted by Gasteiger charge is -2.21. The number of fused-ring (bicyclic) bond motifs is 1.